The second kappa shape index (κ2) is 8.43. The number of aromatic nitrogens is 5. The summed E-state index contributed by atoms with van der Waals surface area (Å²) in [4.78, 5) is 30.1. The Labute approximate surface area is 194 Å². The number of nitrogens with one attached hydrogen (secondary N) is 1. The maximum Gasteiger partial charge on any atom is 0.350 e. The van der Waals surface area contributed by atoms with Crippen molar-refractivity contribution in [3.05, 3.63) is 88.0 Å². The lowest BCUT2D eigenvalue weighted by Crippen LogP contribution is -2.28. The normalized spacial score (nSPS) is 11.1. The van der Waals surface area contributed by atoms with E-state index in [4.69, 9.17) is 4.52 Å². The molecule has 0 aliphatic carbocycles. The first-order valence-corrected chi connectivity index (χ1v) is 10.8. The molecule has 9 nitrogen and oxygen atoms in total. The van der Waals surface area contributed by atoms with Gasteiger partial charge in [-0.15, -0.1) is 5.10 Å². The lowest BCUT2D eigenvalue weighted by molar-refractivity contribution is -0.117. The Morgan fingerprint density at radius 3 is 2.56 bits per heavy atom. The maximum atomic E-state index is 12.9. The summed E-state index contributed by atoms with van der Waals surface area (Å²) in [6.07, 6.45) is 1.59. The van der Waals surface area contributed by atoms with Crippen LogP contribution in [0.25, 0.3) is 28.5 Å². The molecular formula is C25H22N6O3. The van der Waals surface area contributed by atoms with Crippen molar-refractivity contribution in [2.75, 3.05) is 5.32 Å². The third-order valence-corrected chi connectivity index (χ3v) is 5.58. The van der Waals surface area contributed by atoms with Gasteiger partial charge in [0.15, 0.2) is 5.65 Å². The molecule has 0 fully saturated rings. The molecule has 0 atom stereocenters. The lowest BCUT2D eigenvalue weighted by Gasteiger charge is -2.10. The summed E-state index contributed by atoms with van der Waals surface area (Å²) < 4.78 is 7.97. The van der Waals surface area contributed by atoms with Gasteiger partial charge in [-0.2, -0.15) is 4.98 Å². The number of para-hydroxylation sites is 1. The molecular weight excluding hydrogens is 432 g/mol. The fourth-order valence-corrected chi connectivity index (χ4v) is 3.87. The van der Waals surface area contributed by atoms with Gasteiger partial charge in [-0.3, -0.25) is 4.79 Å². The molecule has 5 rings (SSSR count). The van der Waals surface area contributed by atoms with E-state index in [9.17, 15) is 9.59 Å². The van der Waals surface area contributed by atoms with E-state index >= 15 is 0 Å². The van der Waals surface area contributed by atoms with E-state index in [2.05, 4.69) is 20.6 Å². The molecule has 0 aliphatic heterocycles. The molecule has 0 aliphatic rings. The number of amides is 1. The van der Waals surface area contributed by atoms with Crippen molar-refractivity contribution >= 4 is 17.2 Å². The van der Waals surface area contributed by atoms with Crippen molar-refractivity contribution in [2.24, 2.45) is 0 Å². The van der Waals surface area contributed by atoms with Gasteiger partial charge in [0, 0.05) is 17.4 Å². The SMILES string of the molecule is Cc1cccc(-c2noc(-c3cccn4c(=O)n(CC(=O)Nc5c(C)cccc5C)nc34)n2)c1. The number of fused-ring (bicyclic) bond motifs is 1. The van der Waals surface area contributed by atoms with Gasteiger partial charge in [-0.05, 0) is 50.1 Å². The monoisotopic (exact) mass is 454 g/mol. The zero-order chi connectivity index (χ0) is 23.8. The standard InChI is InChI=1S/C25H22N6O3/c1-15-7-4-10-18(13-15)22-27-24(34-29-22)19-11-6-12-30-23(19)28-31(25(30)33)14-20(32)26-21-16(2)8-5-9-17(21)3/h4-13H,14H2,1-3H3,(H,26,32). The van der Waals surface area contributed by atoms with Gasteiger partial charge in [0.2, 0.25) is 11.7 Å². The molecule has 170 valence electrons. The first-order valence-electron chi connectivity index (χ1n) is 10.8. The highest BCUT2D eigenvalue weighted by atomic mass is 16.5. The largest absolute Gasteiger partial charge is 0.350 e. The van der Waals surface area contributed by atoms with E-state index in [0.717, 1.165) is 32.6 Å². The summed E-state index contributed by atoms with van der Waals surface area (Å²) in [6.45, 7) is 5.59. The van der Waals surface area contributed by atoms with Gasteiger partial charge in [0.1, 0.15) is 6.54 Å². The molecule has 1 amide bonds. The smallest absolute Gasteiger partial charge is 0.333 e. The zero-order valence-corrected chi connectivity index (χ0v) is 18.9. The number of rotatable bonds is 5. The van der Waals surface area contributed by atoms with Crippen molar-refractivity contribution in [3.8, 4) is 22.8 Å². The predicted molar refractivity (Wildman–Crippen MR) is 127 cm³/mol. The summed E-state index contributed by atoms with van der Waals surface area (Å²) >= 11 is 0. The topological polar surface area (TPSA) is 107 Å². The molecule has 3 aromatic heterocycles. The first-order chi connectivity index (χ1) is 16.4. The van der Waals surface area contributed by atoms with E-state index in [1.54, 1.807) is 18.3 Å². The highest BCUT2D eigenvalue weighted by Gasteiger charge is 2.19. The Bertz CT molecular complexity index is 1570. The van der Waals surface area contributed by atoms with Crippen LogP contribution in [0.1, 0.15) is 16.7 Å². The molecule has 0 unspecified atom stereocenters. The molecule has 0 radical (unpaired) electrons. The Hall–Kier alpha value is -4.53. The molecule has 9 heteroatoms. The Morgan fingerprint density at radius 1 is 1.03 bits per heavy atom. The van der Waals surface area contributed by atoms with Crippen molar-refractivity contribution in [1.82, 2.24) is 24.3 Å². The first kappa shape index (κ1) is 21.3. The molecule has 3 heterocycles. The highest BCUT2D eigenvalue weighted by molar-refractivity contribution is 5.92. The number of hydrogen-bond acceptors (Lipinski definition) is 6. The third kappa shape index (κ3) is 3.88. The van der Waals surface area contributed by atoms with E-state index in [-0.39, 0.29) is 18.3 Å². The fourth-order valence-electron chi connectivity index (χ4n) is 3.87. The van der Waals surface area contributed by atoms with Crippen molar-refractivity contribution in [1.29, 1.82) is 0 Å². The van der Waals surface area contributed by atoms with E-state index in [1.807, 2.05) is 63.2 Å². The summed E-state index contributed by atoms with van der Waals surface area (Å²) in [6, 6.07) is 17.0. The number of carbonyl (C=O) groups excluding carboxylic acids is 1. The van der Waals surface area contributed by atoms with Gasteiger partial charge in [0.25, 0.3) is 5.89 Å². The minimum absolute atomic E-state index is 0.230. The Balaban J connectivity index is 1.47. The molecule has 0 saturated carbocycles. The predicted octanol–water partition coefficient (Wildman–Crippen LogP) is 3.78. The number of benzene rings is 2. The molecule has 0 saturated heterocycles. The van der Waals surface area contributed by atoms with Crippen LogP contribution in [0.15, 0.2) is 70.1 Å². The van der Waals surface area contributed by atoms with Crippen LogP contribution >= 0.6 is 0 Å². The van der Waals surface area contributed by atoms with Crippen LogP contribution in [-0.2, 0) is 11.3 Å². The van der Waals surface area contributed by atoms with E-state index < -0.39 is 5.69 Å². The molecule has 1 N–H and O–H groups in total. The van der Waals surface area contributed by atoms with E-state index in [0.29, 0.717) is 17.0 Å². The number of hydrogen-bond donors (Lipinski definition) is 1. The van der Waals surface area contributed by atoms with Crippen molar-refractivity contribution in [3.63, 3.8) is 0 Å². The average Bonchev–Trinajstić information content (AvgIpc) is 3.42. The quantitative estimate of drug-likeness (QED) is 0.433. The van der Waals surface area contributed by atoms with Crippen LogP contribution in [0.5, 0.6) is 0 Å². The zero-order valence-electron chi connectivity index (χ0n) is 18.9. The van der Waals surface area contributed by atoms with Crippen molar-refractivity contribution in [2.45, 2.75) is 27.3 Å². The van der Waals surface area contributed by atoms with Crippen LogP contribution in [0.2, 0.25) is 0 Å². The third-order valence-electron chi connectivity index (χ3n) is 5.58. The number of nitrogens with zero attached hydrogens (tertiary/aromatic N) is 5. The Kier molecular flexibility index (Phi) is 5.29. The molecule has 0 bridgehead atoms. The lowest BCUT2D eigenvalue weighted by atomic mass is 10.1. The molecule has 5 aromatic rings. The van der Waals surface area contributed by atoms with Gasteiger partial charge < -0.3 is 9.84 Å². The Morgan fingerprint density at radius 2 is 1.79 bits per heavy atom. The minimum Gasteiger partial charge on any atom is -0.333 e. The maximum absolute atomic E-state index is 12.9. The summed E-state index contributed by atoms with van der Waals surface area (Å²) in [5.74, 6) is 0.332. The number of pyridine rings is 1. The number of carbonyl (C=O) groups is 1. The van der Waals surface area contributed by atoms with Crippen molar-refractivity contribution < 1.29 is 9.32 Å². The minimum atomic E-state index is -0.438. The second-order valence-corrected chi connectivity index (χ2v) is 8.16. The second-order valence-electron chi connectivity index (χ2n) is 8.16. The van der Waals surface area contributed by atoms with E-state index in [1.165, 1.54) is 4.40 Å². The molecule has 0 spiro atoms. The average molecular weight is 454 g/mol. The number of aryl methyl sites for hydroxylation is 3. The van der Waals surface area contributed by atoms with Crippen LogP contribution in [0.3, 0.4) is 0 Å². The number of anilines is 1. The van der Waals surface area contributed by atoms with Gasteiger partial charge in [-0.25, -0.2) is 13.9 Å². The van der Waals surface area contributed by atoms with Crippen LogP contribution in [-0.4, -0.2) is 30.2 Å². The summed E-state index contributed by atoms with van der Waals surface area (Å²) in [7, 11) is 0. The fraction of sp³-hybridized carbons (Fsp3) is 0.160. The van der Waals surface area contributed by atoms with Gasteiger partial charge in [0.05, 0.1) is 5.56 Å². The van der Waals surface area contributed by atoms with Crippen LogP contribution < -0.4 is 11.0 Å². The highest BCUT2D eigenvalue weighted by Crippen LogP contribution is 2.25. The molecule has 34 heavy (non-hydrogen) atoms. The van der Waals surface area contributed by atoms with Gasteiger partial charge >= 0.3 is 5.69 Å². The molecule has 2 aromatic carbocycles. The summed E-state index contributed by atoms with van der Waals surface area (Å²) in [5, 5.41) is 11.4. The van der Waals surface area contributed by atoms with Crippen LogP contribution in [0, 0.1) is 20.8 Å². The van der Waals surface area contributed by atoms with Gasteiger partial charge in [-0.1, -0.05) is 47.1 Å². The summed E-state index contributed by atoms with van der Waals surface area (Å²) in [5.41, 5.74) is 4.92. The van der Waals surface area contributed by atoms with Crippen LogP contribution in [0.4, 0.5) is 5.69 Å².